The molecular weight excluding hydrogens is 242 g/mol. The van der Waals surface area contributed by atoms with E-state index in [1.165, 1.54) is 5.69 Å². The van der Waals surface area contributed by atoms with Crippen molar-refractivity contribution >= 4 is 15.8 Å². The lowest BCUT2D eigenvalue weighted by atomic mass is 10.2. The minimum Gasteiger partial charge on any atom is -0.487 e. The van der Waals surface area contributed by atoms with Crippen LogP contribution in [0.5, 0.6) is 5.75 Å². The smallest absolute Gasteiger partial charge is 0.291 e. The molecule has 1 aromatic rings. The number of benzene rings is 1. The van der Waals surface area contributed by atoms with Crippen molar-refractivity contribution in [2.75, 3.05) is 24.7 Å². The van der Waals surface area contributed by atoms with Crippen LogP contribution in [0, 0.1) is 0 Å². The average Bonchev–Trinajstić information content (AvgIpc) is 2.14. The summed E-state index contributed by atoms with van der Waals surface area (Å²) >= 11 is 0. The van der Waals surface area contributed by atoms with Crippen molar-refractivity contribution < 1.29 is 17.7 Å². The van der Waals surface area contributed by atoms with Gasteiger partial charge in [0, 0.05) is 7.05 Å². The lowest BCUT2D eigenvalue weighted by Crippen LogP contribution is -2.35. The van der Waals surface area contributed by atoms with Crippen LogP contribution in [0.3, 0.4) is 0 Å². The van der Waals surface area contributed by atoms with E-state index in [1.807, 2.05) is 18.2 Å². The van der Waals surface area contributed by atoms with E-state index in [1.54, 1.807) is 0 Å². The molecule has 0 fully saturated rings. The first-order chi connectivity index (χ1) is 7.77. The van der Waals surface area contributed by atoms with Crippen LogP contribution in [0.4, 0.5) is 5.69 Å². The molecule has 0 saturated heterocycles. The molecule has 1 unspecified atom stereocenters. The number of para-hydroxylation sites is 2. The first kappa shape index (κ1) is 13.8. The quantitative estimate of drug-likeness (QED) is 0.703. The summed E-state index contributed by atoms with van der Waals surface area (Å²) in [5, 5.41) is 0. The Bertz CT molecular complexity index is 464. The van der Waals surface area contributed by atoms with Crippen molar-refractivity contribution in [3.63, 3.8) is 0 Å². The van der Waals surface area contributed by atoms with Crippen molar-refractivity contribution in [2.24, 2.45) is 0 Å². The minimum absolute atomic E-state index is 0.296. The molecular formula is C11H16NO4S. The summed E-state index contributed by atoms with van der Waals surface area (Å²) in [7, 11) is -1.82. The highest BCUT2D eigenvalue weighted by Gasteiger charge is 2.18. The van der Waals surface area contributed by atoms with Gasteiger partial charge in [-0.1, -0.05) is 16.7 Å². The maximum Gasteiger partial charge on any atom is 0.291 e. The molecule has 0 bridgehead atoms. The maximum absolute atomic E-state index is 9.08. The molecule has 0 amide bonds. The van der Waals surface area contributed by atoms with Gasteiger partial charge in [0.1, 0.15) is 11.9 Å². The molecule has 17 heavy (non-hydrogen) atoms. The highest BCUT2D eigenvalue weighted by Crippen LogP contribution is 2.31. The van der Waals surface area contributed by atoms with Gasteiger partial charge in [-0.2, -0.15) is 8.42 Å². The molecule has 6 heteroatoms. The van der Waals surface area contributed by atoms with E-state index in [0.717, 1.165) is 12.3 Å². The van der Waals surface area contributed by atoms with Gasteiger partial charge in [-0.15, -0.1) is 0 Å². The third-order valence-electron chi connectivity index (χ3n) is 2.14. The molecule has 1 atom stereocenters. The number of fused-ring (bicyclic) bond motifs is 1. The Kier molecular flexibility index (Phi) is 4.36. The van der Waals surface area contributed by atoms with Crippen molar-refractivity contribution in [3.8, 4) is 5.75 Å². The van der Waals surface area contributed by atoms with Gasteiger partial charge >= 0.3 is 0 Å². The van der Waals surface area contributed by atoms with Crippen LogP contribution >= 0.6 is 0 Å². The zero-order chi connectivity index (χ0) is 13.1. The van der Waals surface area contributed by atoms with E-state index in [4.69, 9.17) is 17.7 Å². The topological polar surface area (TPSA) is 66.5 Å². The van der Waals surface area contributed by atoms with Crippen LogP contribution in [-0.4, -0.2) is 34.4 Å². The van der Waals surface area contributed by atoms with Crippen molar-refractivity contribution in [1.82, 2.24) is 0 Å². The molecule has 1 radical (unpaired) electrons. The minimum atomic E-state index is -3.92. The van der Waals surface area contributed by atoms with Crippen LogP contribution in [0.15, 0.2) is 24.3 Å². The number of likely N-dealkylation sites (N-methyl/N-ethyl adjacent to an activating group) is 1. The Balaban J connectivity index is 0.000000249. The van der Waals surface area contributed by atoms with Crippen molar-refractivity contribution in [3.05, 3.63) is 24.3 Å². The summed E-state index contributed by atoms with van der Waals surface area (Å²) in [6, 6.07) is 8.14. The van der Waals surface area contributed by atoms with E-state index in [0.29, 0.717) is 12.4 Å². The van der Waals surface area contributed by atoms with Gasteiger partial charge in [0.25, 0.3) is 10.1 Å². The predicted molar refractivity (Wildman–Crippen MR) is 65.3 cm³/mol. The standard InChI is InChI=1S/C10H13NO.CH3O3S/c1-8-7-11(2)9-5-3-4-6-10(9)12-8;1-5(2,3)4/h3-6,8H,7H2,1-2H3;1H3. The summed E-state index contributed by atoms with van der Waals surface area (Å²) in [6.07, 6.45) is 0.900. The van der Waals surface area contributed by atoms with E-state index < -0.39 is 10.1 Å². The first-order valence-corrected chi connectivity index (χ1v) is 6.96. The van der Waals surface area contributed by atoms with E-state index >= 15 is 0 Å². The number of anilines is 1. The Morgan fingerprint density at radius 2 is 1.88 bits per heavy atom. The average molecular weight is 258 g/mol. The molecule has 1 aromatic carbocycles. The van der Waals surface area contributed by atoms with Crippen molar-refractivity contribution in [1.29, 1.82) is 0 Å². The lowest BCUT2D eigenvalue weighted by molar-refractivity contribution is 0.215. The second-order valence-electron chi connectivity index (χ2n) is 3.98. The number of nitrogens with zero attached hydrogens (tertiary/aromatic N) is 1. The van der Waals surface area contributed by atoms with Crippen LogP contribution < -0.4 is 9.64 Å². The molecule has 95 valence electrons. The SMILES string of the molecule is CC1CN(C)c2ccccc2O1.CS([O])(=O)=O. The highest BCUT2D eigenvalue weighted by molar-refractivity contribution is 7.84. The van der Waals surface area contributed by atoms with Crippen LogP contribution in [-0.2, 0) is 14.7 Å². The van der Waals surface area contributed by atoms with Gasteiger partial charge in [-0.3, -0.25) is 0 Å². The van der Waals surface area contributed by atoms with Gasteiger partial charge in [-0.05, 0) is 19.1 Å². The summed E-state index contributed by atoms with van der Waals surface area (Å²) in [6.45, 7) is 3.06. The zero-order valence-corrected chi connectivity index (χ0v) is 10.9. The third kappa shape index (κ3) is 5.06. The molecule has 1 heterocycles. The Morgan fingerprint density at radius 1 is 1.35 bits per heavy atom. The number of hydrogen-bond acceptors (Lipinski definition) is 4. The van der Waals surface area contributed by atoms with Gasteiger partial charge in [-0.25, -0.2) is 0 Å². The molecule has 1 aliphatic rings. The fourth-order valence-corrected chi connectivity index (χ4v) is 1.61. The van der Waals surface area contributed by atoms with Gasteiger partial charge in [0.2, 0.25) is 0 Å². The first-order valence-electron chi connectivity index (χ1n) is 5.15. The van der Waals surface area contributed by atoms with E-state index in [9.17, 15) is 0 Å². The molecule has 0 aromatic heterocycles. The molecule has 0 aliphatic carbocycles. The summed E-state index contributed by atoms with van der Waals surface area (Å²) in [4.78, 5) is 2.23. The third-order valence-corrected chi connectivity index (χ3v) is 2.14. The predicted octanol–water partition coefficient (Wildman–Crippen LogP) is 1.28. The highest BCUT2D eigenvalue weighted by atomic mass is 32.2. The van der Waals surface area contributed by atoms with Crippen LogP contribution in [0.25, 0.3) is 0 Å². The molecule has 0 N–H and O–H groups in total. The number of hydrogen-bond donors (Lipinski definition) is 0. The van der Waals surface area contributed by atoms with Crippen molar-refractivity contribution in [2.45, 2.75) is 13.0 Å². The lowest BCUT2D eigenvalue weighted by Gasteiger charge is -2.31. The fraction of sp³-hybridized carbons (Fsp3) is 0.455. The molecule has 1 aliphatic heterocycles. The molecule has 0 spiro atoms. The Morgan fingerprint density at radius 3 is 2.47 bits per heavy atom. The van der Waals surface area contributed by atoms with Crippen LogP contribution in [0.2, 0.25) is 0 Å². The Labute approximate surface area is 102 Å². The van der Waals surface area contributed by atoms with E-state index in [2.05, 4.69) is 24.9 Å². The largest absolute Gasteiger partial charge is 0.487 e. The Hall–Kier alpha value is -1.27. The molecule has 2 rings (SSSR count). The van der Waals surface area contributed by atoms with E-state index in [-0.39, 0.29) is 0 Å². The maximum atomic E-state index is 9.08. The summed E-state index contributed by atoms with van der Waals surface area (Å²) in [5.41, 5.74) is 1.19. The van der Waals surface area contributed by atoms with Gasteiger partial charge in [0.15, 0.2) is 0 Å². The second kappa shape index (κ2) is 5.37. The molecule has 0 saturated carbocycles. The second-order valence-corrected chi connectivity index (χ2v) is 5.39. The van der Waals surface area contributed by atoms with Crippen LogP contribution in [0.1, 0.15) is 6.92 Å². The zero-order valence-electron chi connectivity index (χ0n) is 10.1. The van der Waals surface area contributed by atoms with Gasteiger partial charge < -0.3 is 9.64 Å². The normalized spacial score (nSPS) is 18.6. The monoisotopic (exact) mass is 258 g/mol. The molecule has 5 nitrogen and oxygen atoms in total. The number of ether oxygens (including phenoxy) is 1. The number of rotatable bonds is 0. The summed E-state index contributed by atoms with van der Waals surface area (Å²) in [5.74, 6) is 0.999. The fourth-order valence-electron chi connectivity index (χ4n) is 1.61. The van der Waals surface area contributed by atoms with Gasteiger partial charge in [0.05, 0.1) is 18.5 Å². The summed E-state index contributed by atoms with van der Waals surface area (Å²) < 4.78 is 32.9.